The maximum Gasteiger partial charge on any atom is 0.320 e. The maximum absolute atomic E-state index is 10.8. The number of hydrogen-bond acceptors (Lipinski definition) is 3. The molecule has 0 spiro atoms. The highest BCUT2D eigenvalue weighted by atomic mass is 16.4. The highest BCUT2D eigenvalue weighted by Crippen LogP contribution is 2.18. The molecule has 4 heteroatoms. The summed E-state index contributed by atoms with van der Waals surface area (Å²) in [7, 11) is 1.79. The van der Waals surface area contributed by atoms with Crippen LogP contribution in [0.25, 0.3) is 0 Å². The van der Waals surface area contributed by atoms with Crippen molar-refractivity contribution in [3.63, 3.8) is 0 Å². The molecule has 2 unspecified atom stereocenters. The van der Waals surface area contributed by atoms with E-state index in [-0.39, 0.29) is 6.04 Å². The monoisotopic (exact) mass is 208 g/mol. The van der Waals surface area contributed by atoms with Crippen molar-refractivity contribution in [1.29, 1.82) is 0 Å². The molecule has 1 aromatic rings. The average Bonchev–Trinajstić information content (AvgIpc) is 2.27. The van der Waals surface area contributed by atoms with Crippen molar-refractivity contribution in [1.82, 2.24) is 9.88 Å². The molecular weight excluding hydrogens is 192 g/mol. The summed E-state index contributed by atoms with van der Waals surface area (Å²) in [5.41, 5.74) is 0.883. The van der Waals surface area contributed by atoms with Gasteiger partial charge in [-0.05, 0) is 33.0 Å². The zero-order chi connectivity index (χ0) is 11.4. The molecule has 1 heterocycles. The van der Waals surface area contributed by atoms with E-state index in [1.807, 2.05) is 25.1 Å². The van der Waals surface area contributed by atoms with Crippen LogP contribution < -0.4 is 0 Å². The summed E-state index contributed by atoms with van der Waals surface area (Å²) in [6, 6.07) is 5.13. The number of rotatable bonds is 4. The number of carbonyl (C=O) groups is 1. The Bertz CT molecular complexity index is 327. The first-order valence-corrected chi connectivity index (χ1v) is 4.89. The summed E-state index contributed by atoms with van der Waals surface area (Å²) in [4.78, 5) is 16.8. The first kappa shape index (κ1) is 11.7. The summed E-state index contributed by atoms with van der Waals surface area (Å²) in [5.74, 6) is -0.819. The molecule has 15 heavy (non-hydrogen) atoms. The van der Waals surface area contributed by atoms with Crippen LogP contribution in [-0.2, 0) is 4.79 Å². The first-order chi connectivity index (χ1) is 7.04. The van der Waals surface area contributed by atoms with Crippen molar-refractivity contribution >= 4 is 5.97 Å². The second kappa shape index (κ2) is 4.89. The third kappa shape index (κ3) is 2.76. The molecule has 1 N–H and O–H groups in total. The van der Waals surface area contributed by atoms with Crippen molar-refractivity contribution in [2.75, 3.05) is 7.05 Å². The Kier molecular flexibility index (Phi) is 3.80. The Morgan fingerprint density at radius 1 is 1.47 bits per heavy atom. The van der Waals surface area contributed by atoms with Gasteiger partial charge in [-0.15, -0.1) is 0 Å². The van der Waals surface area contributed by atoms with Crippen LogP contribution in [0.4, 0.5) is 0 Å². The minimum absolute atomic E-state index is 0.00250. The van der Waals surface area contributed by atoms with Crippen molar-refractivity contribution in [3.05, 3.63) is 30.1 Å². The molecule has 2 atom stereocenters. The summed E-state index contributed by atoms with van der Waals surface area (Å²) >= 11 is 0. The molecule has 0 aromatic carbocycles. The first-order valence-electron chi connectivity index (χ1n) is 4.89. The lowest BCUT2D eigenvalue weighted by atomic mass is 10.1. The molecular formula is C11H16N2O2. The molecule has 1 rings (SSSR count). The van der Waals surface area contributed by atoms with Gasteiger partial charge in [-0.1, -0.05) is 6.07 Å². The largest absolute Gasteiger partial charge is 0.480 e. The zero-order valence-corrected chi connectivity index (χ0v) is 9.21. The third-order valence-electron chi connectivity index (χ3n) is 2.70. The van der Waals surface area contributed by atoms with E-state index >= 15 is 0 Å². The number of nitrogens with zero attached hydrogens (tertiary/aromatic N) is 2. The van der Waals surface area contributed by atoms with E-state index in [1.165, 1.54) is 0 Å². The van der Waals surface area contributed by atoms with Crippen LogP contribution in [0, 0.1) is 0 Å². The quantitative estimate of drug-likeness (QED) is 0.815. The summed E-state index contributed by atoms with van der Waals surface area (Å²) in [6.07, 6.45) is 1.71. The molecule has 4 nitrogen and oxygen atoms in total. The fraction of sp³-hybridized carbons (Fsp3) is 0.455. The van der Waals surface area contributed by atoms with Gasteiger partial charge in [0.15, 0.2) is 0 Å². The van der Waals surface area contributed by atoms with E-state index in [2.05, 4.69) is 4.98 Å². The maximum atomic E-state index is 10.8. The summed E-state index contributed by atoms with van der Waals surface area (Å²) in [6.45, 7) is 3.61. The lowest BCUT2D eigenvalue weighted by Crippen LogP contribution is -2.37. The van der Waals surface area contributed by atoms with Crippen LogP contribution in [0.3, 0.4) is 0 Å². The van der Waals surface area contributed by atoms with Crippen molar-refractivity contribution in [3.8, 4) is 0 Å². The van der Waals surface area contributed by atoms with Crippen LogP contribution in [0.5, 0.6) is 0 Å². The molecule has 0 amide bonds. The fourth-order valence-electron chi connectivity index (χ4n) is 1.34. The molecule has 0 bridgehead atoms. The molecule has 0 saturated carbocycles. The fourth-order valence-corrected chi connectivity index (χ4v) is 1.34. The van der Waals surface area contributed by atoms with Crippen LogP contribution in [0.2, 0.25) is 0 Å². The Balaban J connectivity index is 2.77. The predicted molar refractivity (Wildman–Crippen MR) is 57.5 cm³/mol. The normalized spacial score (nSPS) is 14.9. The van der Waals surface area contributed by atoms with Crippen LogP contribution in [0.15, 0.2) is 24.4 Å². The second-order valence-electron chi connectivity index (χ2n) is 3.61. The van der Waals surface area contributed by atoms with Crippen molar-refractivity contribution in [2.45, 2.75) is 25.9 Å². The molecule has 0 saturated heterocycles. The van der Waals surface area contributed by atoms with Gasteiger partial charge in [0, 0.05) is 12.2 Å². The number of likely N-dealkylation sites (N-methyl/N-ethyl adjacent to an activating group) is 1. The second-order valence-corrected chi connectivity index (χ2v) is 3.61. The molecule has 0 radical (unpaired) electrons. The summed E-state index contributed by atoms with van der Waals surface area (Å²) in [5, 5.41) is 8.89. The minimum Gasteiger partial charge on any atom is -0.480 e. The average molecular weight is 208 g/mol. The van der Waals surface area contributed by atoms with E-state index in [1.54, 1.807) is 25.1 Å². The predicted octanol–water partition coefficient (Wildman–Crippen LogP) is 1.55. The molecule has 0 fully saturated rings. The zero-order valence-electron chi connectivity index (χ0n) is 9.21. The molecule has 0 aliphatic rings. The molecule has 0 aliphatic carbocycles. The van der Waals surface area contributed by atoms with Crippen molar-refractivity contribution < 1.29 is 9.90 Å². The van der Waals surface area contributed by atoms with Gasteiger partial charge in [-0.3, -0.25) is 14.7 Å². The Hall–Kier alpha value is -1.42. The topological polar surface area (TPSA) is 53.4 Å². The number of carboxylic acid groups (broad SMARTS) is 1. The van der Waals surface area contributed by atoms with Crippen LogP contribution >= 0.6 is 0 Å². The Morgan fingerprint density at radius 3 is 2.60 bits per heavy atom. The number of hydrogen-bond donors (Lipinski definition) is 1. The van der Waals surface area contributed by atoms with Gasteiger partial charge in [0.1, 0.15) is 6.04 Å². The van der Waals surface area contributed by atoms with Gasteiger partial charge in [0.05, 0.1) is 5.69 Å². The van der Waals surface area contributed by atoms with Gasteiger partial charge < -0.3 is 5.11 Å². The standard InChI is InChI=1S/C11H16N2O2/c1-8(10-6-4-5-7-12-10)13(3)9(2)11(14)15/h4-9H,1-3H3,(H,14,15). The number of aliphatic carboxylic acids is 1. The van der Waals surface area contributed by atoms with Gasteiger partial charge in [0.25, 0.3) is 0 Å². The van der Waals surface area contributed by atoms with Gasteiger partial charge in [-0.2, -0.15) is 0 Å². The Labute approximate surface area is 89.6 Å². The minimum atomic E-state index is -0.819. The summed E-state index contributed by atoms with van der Waals surface area (Å²) < 4.78 is 0. The highest BCUT2D eigenvalue weighted by molar-refractivity contribution is 5.72. The van der Waals surface area contributed by atoms with E-state index in [4.69, 9.17) is 5.11 Å². The lowest BCUT2D eigenvalue weighted by molar-refractivity contribution is -0.142. The smallest absolute Gasteiger partial charge is 0.320 e. The van der Waals surface area contributed by atoms with Crippen LogP contribution in [-0.4, -0.2) is 34.0 Å². The third-order valence-corrected chi connectivity index (χ3v) is 2.70. The van der Waals surface area contributed by atoms with Gasteiger partial charge in [0.2, 0.25) is 0 Å². The van der Waals surface area contributed by atoms with Crippen molar-refractivity contribution in [2.24, 2.45) is 0 Å². The SMILES string of the molecule is CC(C(=O)O)N(C)C(C)c1ccccn1. The van der Waals surface area contributed by atoms with E-state index in [0.29, 0.717) is 0 Å². The van der Waals surface area contributed by atoms with Gasteiger partial charge >= 0.3 is 5.97 Å². The van der Waals surface area contributed by atoms with Crippen LogP contribution in [0.1, 0.15) is 25.6 Å². The van der Waals surface area contributed by atoms with Gasteiger partial charge in [-0.25, -0.2) is 0 Å². The molecule has 0 aliphatic heterocycles. The Morgan fingerprint density at radius 2 is 2.13 bits per heavy atom. The van der Waals surface area contributed by atoms with E-state index in [0.717, 1.165) is 5.69 Å². The molecule has 82 valence electrons. The van der Waals surface area contributed by atoms with E-state index in [9.17, 15) is 4.79 Å². The lowest BCUT2D eigenvalue weighted by Gasteiger charge is -2.27. The number of aromatic nitrogens is 1. The molecule has 1 aromatic heterocycles. The number of pyridine rings is 1. The van der Waals surface area contributed by atoms with E-state index < -0.39 is 12.0 Å². The highest BCUT2D eigenvalue weighted by Gasteiger charge is 2.22. The number of carboxylic acids is 1.